The Kier molecular flexibility index (Phi) is 4.27. The second-order valence-electron chi connectivity index (χ2n) is 5.65. The maximum Gasteiger partial charge on any atom is 0.281 e. The van der Waals surface area contributed by atoms with Crippen molar-refractivity contribution in [2.45, 2.75) is 25.7 Å². The SMILES string of the molecule is CON1C(=O)c2ccc(Br)cc2C1(OC(C)C)c1ccccc1. The third kappa shape index (κ3) is 2.49. The Hall–Kier alpha value is -1.69. The highest BCUT2D eigenvalue weighted by atomic mass is 79.9. The van der Waals surface area contributed by atoms with Crippen LogP contribution in [0.2, 0.25) is 0 Å². The molecular formula is C18H18BrNO3. The van der Waals surface area contributed by atoms with E-state index in [1.807, 2.05) is 56.3 Å². The van der Waals surface area contributed by atoms with Crippen molar-refractivity contribution in [1.82, 2.24) is 5.06 Å². The van der Waals surface area contributed by atoms with Crippen molar-refractivity contribution in [3.8, 4) is 0 Å². The molecule has 0 saturated carbocycles. The lowest BCUT2D eigenvalue weighted by atomic mass is 9.94. The molecule has 0 N–H and O–H groups in total. The van der Waals surface area contributed by atoms with Crippen molar-refractivity contribution in [2.75, 3.05) is 7.11 Å². The normalized spacial score (nSPS) is 20.2. The third-order valence-electron chi connectivity index (χ3n) is 3.80. The standard InChI is InChI=1S/C18H18BrNO3/c1-12(2)23-18(13-7-5-4-6-8-13)16-11-14(19)9-10-15(16)17(21)20(18)22-3/h4-12H,1-3H3. The van der Waals surface area contributed by atoms with Crippen LogP contribution in [-0.2, 0) is 15.3 Å². The number of hydrogen-bond acceptors (Lipinski definition) is 3. The molecule has 1 atom stereocenters. The van der Waals surface area contributed by atoms with Crippen LogP contribution in [0.3, 0.4) is 0 Å². The van der Waals surface area contributed by atoms with Gasteiger partial charge in [0.15, 0.2) is 0 Å². The quantitative estimate of drug-likeness (QED) is 0.807. The largest absolute Gasteiger partial charge is 0.343 e. The average molecular weight is 376 g/mol. The van der Waals surface area contributed by atoms with Crippen LogP contribution in [-0.4, -0.2) is 24.2 Å². The molecule has 2 aromatic rings. The van der Waals surface area contributed by atoms with Gasteiger partial charge in [-0.05, 0) is 32.0 Å². The number of amides is 1. The zero-order chi connectivity index (χ0) is 16.6. The Morgan fingerprint density at radius 3 is 2.43 bits per heavy atom. The maximum atomic E-state index is 12.8. The highest BCUT2D eigenvalue weighted by Gasteiger charge is 2.54. The fraction of sp³-hybridized carbons (Fsp3) is 0.278. The summed E-state index contributed by atoms with van der Waals surface area (Å²) in [5.74, 6) is -0.209. The number of halogens is 1. The minimum Gasteiger partial charge on any atom is -0.343 e. The summed E-state index contributed by atoms with van der Waals surface area (Å²) < 4.78 is 7.18. The zero-order valence-corrected chi connectivity index (χ0v) is 14.8. The maximum absolute atomic E-state index is 12.8. The molecule has 0 radical (unpaired) electrons. The van der Waals surface area contributed by atoms with Crippen LogP contribution < -0.4 is 0 Å². The summed E-state index contributed by atoms with van der Waals surface area (Å²) in [5, 5.41) is 1.32. The first-order valence-electron chi connectivity index (χ1n) is 7.42. The number of fused-ring (bicyclic) bond motifs is 1. The lowest BCUT2D eigenvalue weighted by molar-refractivity contribution is -0.257. The molecule has 2 aromatic carbocycles. The molecule has 0 aromatic heterocycles. The number of carbonyl (C=O) groups excluding carboxylic acids is 1. The first-order chi connectivity index (χ1) is 11.0. The second-order valence-corrected chi connectivity index (χ2v) is 6.56. The Labute approximate surface area is 144 Å². The molecule has 1 amide bonds. The number of benzene rings is 2. The summed E-state index contributed by atoms with van der Waals surface area (Å²) in [6.07, 6.45) is -0.106. The predicted octanol–water partition coefficient (Wildman–Crippen LogP) is 4.09. The van der Waals surface area contributed by atoms with Gasteiger partial charge in [0.05, 0.1) is 18.8 Å². The number of rotatable bonds is 4. The minimum absolute atomic E-state index is 0.106. The van der Waals surface area contributed by atoms with Gasteiger partial charge in [-0.2, -0.15) is 5.06 Å². The first-order valence-corrected chi connectivity index (χ1v) is 8.22. The molecular weight excluding hydrogens is 358 g/mol. The number of hydrogen-bond donors (Lipinski definition) is 0. The van der Waals surface area contributed by atoms with Gasteiger partial charge in [0.25, 0.3) is 5.91 Å². The predicted molar refractivity (Wildman–Crippen MR) is 90.8 cm³/mol. The fourth-order valence-electron chi connectivity index (χ4n) is 3.01. The van der Waals surface area contributed by atoms with Crippen LogP contribution in [0.1, 0.15) is 35.3 Å². The number of carbonyl (C=O) groups is 1. The summed E-state index contributed by atoms with van der Waals surface area (Å²) >= 11 is 3.49. The van der Waals surface area contributed by atoms with Crippen LogP contribution in [0.25, 0.3) is 0 Å². The van der Waals surface area contributed by atoms with Crippen LogP contribution in [0, 0.1) is 0 Å². The van der Waals surface area contributed by atoms with E-state index < -0.39 is 5.72 Å². The lowest BCUT2D eigenvalue weighted by Gasteiger charge is -2.38. The molecule has 0 saturated heterocycles. The van der Waals surface area contributed by atoms with Gasteiger partial charge in [0.1, 0.15) is 0 Å². The van der Waals surface area contributed by atoms with Crippen LogP contribution in [0.4, 0.5) is 0 Å². The van der Waals surface area contributed by atoms with Crippen molar-refractivity contribution in [2.24, 2.45) is 0 Å². The Bertz CT molecular complexity index is 732. The van der Waals surface area contributed by atoms with Crippen LogP contribution in [0.5, 0.6) is 0 Å². The molecule has 1 unspecified atom stereocenters. The molecule has 0 spiro atoms. The van der Waals surface area contributed by atoms with Crippen LogP contribution >= 0.6 is 15.9 Å². The number of hydroxylamine groups is 2. The fourth-order valence-corrected chi connectivity index (χ4v) is 3.38. The highest BCUT2D eigenvalue weighted by molar-refractivity contribution is 9.10. The molecule has 3 rings (SSSR count). The zero-order valence-electron chi connectivity index (χ0n) is 13.2. The van der Waals surface area contributed by atoms with Gasteiger partial charge in [-0.25, -0.2) is 0 Å². The molecule has 0 aliphatic carbocycles. The molecule has 1 aliphatic rings. The average Bonchev–Trinajstić information content (AvgIpc) is 2.76. The lowest BCUT2D eigenvalue weighted by Crippen LogP contribution is -2.47. The van der Waals surface area contributed by atoms with Gasteiger partial charge < -0.3 is 4.74 Å². The molecule has 120 valence electrons. The van der Waals surface area contributed by atoms with E-state index in [4.69, 9.17) is 9.57 Å². The summed E-state index contributed by atoms with van der Waals surface area (Å²) in [7, 11) is 1.49. The van der Waals surface area contributed by atoms with E-state index >= 15 is 0 Å². The highest BCUT2D eigenvalue weighted by Crippen LogP contribution is 2.46. The van der Waals surface area contributed by atoms with Crippen LogP contribution in [0.15, 0.2) is 53.0 Å². The van der Waals surface area contributed by atoms with Crippen molar-refractivity contribution in [1.29, 1.82) is 0 Å². The van der Waals surface area contributed by atoms with E-state index in [-0.39, 0.29) is 12.0 Å². The Morgan fingerprint density at radius 1 is 1.13 bits per heavy atom. The van der Waals surface area contributed by atoms with Gasteiger partial charge in [-0.15, -0.1) is 0 Å². The Morgan fingerprint density at radius 2 is 1.83 bits per heavy atom. The van der Waals surface area contributed by atoms with Crippen molar-refractivity contribution >= 4 is 21.8 Å². The Balaban J connectivity index is 2.33. The molecule has 1 aliphatic heterocycles. The third-order valence-corrected chi connectivity index (χ3v) is 4.29. The van der Waals surface area contributed by atoms with E-state index in [9.17, 15) is 4.79 Å². The van der Waals surface area contributed by atoms with E-state index in [2.05, 4.69) is 15.9 Å². The summed E-state index contributed by atoms with van der Waals surface area (Å²) in [6, 6.07) is 15.2. The van der Waals surface area contributed by atoms with Crippen molar-refractivity contribution in [3.05, 3.63) is 69.7 Å². The number of ether oxygens (including phenoxy) is 1. The van der Waals surface area contributed by atoms with Gasteiger partial charge >= 0.3 is 0 Å². The van der Waals surface area contributed by atoms with Crippen molar-refractivity contribution < 1.29 is 14.4 Å². The molecule has 5 heteroatoms. The molecule has 23 heavy (non-hydrogen) atoms. The topological polar surface area (TPSA) is 38.8 Å². The summed E-state index contributed by atoms with van der Waals surface area (Å²) in [4.78, 5) is 18.3. The second kappa shape index (κ2) is 6.07. The van der Waals surface area contributed by atoms with Gasteiger partial charge in [-0.3, -0.25) is 9.63 Å². The molecule has 1 heterocycles. The molecule has 4 nitrogen and oxygen atoms in total. The summed E-state index contributed by atoms with van der Waals surface area (Å²) in [5.41, 5.74) is 1.11. The van der Waals surface area contributed by atoms with Gasteiger partial charge in [0.2, 0.25) is 5.72 Å². The van der Waals surface area contributed by atoms with E-state index in [1.54, 1.807) is 6.07 Å². The summed E-state index contributed by atoms with van der Waals surface area (Å²) in [6.45, 7) is 3.89. The monoisotopic (exact) mass is 375 g/mol. The molecule has 0 fully saturated rings. The van der Waals surface area contributed by atoms with Gasteiger partial charge in [0, 0.05) is 15.6 Å². The minimum atomic E-state index is -1.10. The van der Waals surface area contributed by atoms with E-state index in [0.717, 1.165) is 15.6 Å². The number of nitrogens with zero attached hydrogens (tertiary/aromatic N) is 1. The smallest absolute Gasteiger partial charge is 0.281 e. The van der Waals surface area contributed by atoms with E-state index in [0.29, 0.717) is 5.56 Å². The van der Waals surface area contributed by atoms with E-state index in [1.165, 1.54) is 12.2 Å². The van der Waals surface area contributed by atoms with Crippen molar-refractivity contribution in [3.63, 3.8) is 0 Å². The van der Waals surface area contributed by atoms with Gasteiger partial charge in [-0.1, -0.05) is 46.3 Å². The molecule has 0 bridgehead atoms. The first kappa shape index (κ1) is 16.2.